The van der Waals surface area contributed by atoms with Crippen LogP contribution in [-0.2, 0) is 0 Å². The van der Waals surface area contributed by atoms with Gasteiger partial charge >= 0.3 is 5.97 Å². The van der Waals surface area contributed by atoms with Gasteiger partial charge < -0.3 is 9.63 Å². The van der Waals surface area contributed by atoms with E-state index in [1.165, 1.54) is 18.2 Å². The van der Waals surface area contributed by atoms with Gasteiger partial charge in [0.15, 0.2) is 5.82 Å². The monoisotopic (exact) mass is 319 g/mol. The summed E-state index contributed by atoms with van der Waals surface area (Å²) in [6.45, 7) is 0. The molecule has 0 bridgehead atoms. The van der Waals surface area contributed by atoms with Crippen molar-refractivity contribution in [1.82, 2.24) is 5.16 Å². The zero-order valence-electron chi connectivity index (χ0n) is 8.08. The largest absolute Gasteiger partial charge is 0.475 e. The molecule has 0 fully saturated rings. The number of hydrogen-bond acceptors (Lipinski definition) is 3. The molecule has 1 heterocycles. The molecule has 0 aliphatic carbocycles. The van der Waals surface area contributed by atoms with Crippen LogP contribution in [0.3, 0.4) is 0 Å². The minimum atomic E-state index is -1.24. The Morgan fingerprint density at radius 2 is 2.24 bits per heavy atom. The van der Waals surface area contributed by atoms with Crippen molar-refractivity contribution in [2.45, 2.75) is 0 Å². The number of hydrogen-bond donors (Lipinski definition) is 1. The van der Waals surface area contributed by atoms with Crippen molar-refractivity contribution in [2.75, 3.05) is 0 Å². The van der Waals surface area contributed by atoms with Crippen molar-refractivity contribution in [2.24, 2.45) is 0 Å². The summed E-state index contributed by atoms with van der Waals surface area (Å²) in [5, 5.41) is 12.2. The first-order valence-electron chi connectivity index (χ1n) is 4.34. The van der Waals surface area contributed by atoms with E-state index in [0.717, 1.165) is 0 Å². The summed E-state index contributed by atoms with van der Waals surface area (Å²) in [5.41, 5.74) is 0.577. The molecule has 0 saturated carbocycles. The van der Waals surface area contributed by atoms with E-state index in [2.05, 4.69) is 25.6 Å². The summed E-state index contributed by atoms with van der Waals surface area (Å²) in [6, 6.07) is 4.07. The number of aromatic nitrogens is 1. The molecule has 0 aliphatic rings. The molecule has 0 amide bonds. The van der Waals surface area contributed by atoms with Crippen LogP contribution >= 0.6 is 27.5 Å². The molecule has 2 rings (SSSR count). The Morgan fingerprint density at radius 3 is 2.82 bits per heavy atom. The number of carboxylic acid groups (broad SMARTS) is 1. The summed E-state index contributed by atoms with van der Waals surface area (Å²) < 4.78 is 18.2. The normalized spacial score (nSPS) is 10.5. The summed E-state index contributed by atoms with van der Waals surface area (Å²) >= 11 is 8.61. The van der Waals surface area contributed by atoms with Crippen molar-refractivity contribution in [3.05, 3.63) is 39.3 Å². The van der Waals surface area contributed by atoms with E-state index in [1.807, 2.05) is 0 Å². The maximum Gasteiger partial charge on any atom is 0.374 e. The molecule has 4 nitrogen and oxygen atoms in total. The van der Waals surface area contributed by atoms with Crippen LogP contribution in [0.1, 0.15) is 10.6 Å². The molecule has 0 saturated heterocycles. The summed E-state index contributed by atoms with van der Waals surface area (Å²) in [6.07, 6.45) is 0. The fraction of sp³-hybridized carbons (Fsp3) is 0. The number of rotatable bonds is 2. The van der Waals surface area contributed by atoms with Crippen LogP contribution in [0.2, 0.25) is 5.02 Å². The fourth-order valence-corrected chi connectivity index (χ4v) is 2.05. The van der Waals surface area contributed by atoms with Gasteiger partial charge in [-0.3, -0.25) is 0 Å². The van der Waals surface area contributed by atoms with Crippen molar-refractivity contribution in [3.8, 4) is 11.3 Å². The van der Waals surface area contributed by atoms with Crippen molar-refractivity contribution in [1.29, 1.82) is 0 Å². The van der Waals surface area contributed by atoms with Crippen LogP contribution in [0.4, 0.5) is 4.39 Å². The lowest BCUT2D eigenvalue weighted by Gasteiger charge is -2.02. The summed E-state index contributed by atoms with van der Waals surface area (Å²) in [4.78, 5) is 10.6. The lowest BCUT2D eigenvalue weighted by atomic mass is 10.1. The quantitative estimate of drug-likeness (QED) is 0.859. The number of carboxylic acids is 1. The van der Waals surface area contributed by atoms with Crippen LogP contribution in [0.5, 0.6) is 0 Å². The Balaban J connectivity index is 2.53. The van der Waals surface area contributed by atoms with E-state index in [4.69, 9.17) is 16.7 Å². The average Bonchev–Trinajstić information content (AvgIpc) is 2.75. The standard InChI is InChI=1S/C10H4BrClFNO3/c11-8-4(1-2-5(12)9(8)13)6-3-7(10(15)16)17-14-6/h1-3H,(H,15,16). The Kier molecular flexibility index (Phi) is 3.17. The molecule has 88 valence electrons. The van der Waals surface area contributed by atoms with E-state index in [1.54, 1.807) is 0 Å². The highest BCUT2D eigenvalue weighted by Gasteiger charge is 2.17. The van der Waals surface area contributed by atoms with Crippen LogP contribution in [0, 0.1) is 5.82 Å². The zero-order valence-corrected chi connectivity index (χ0v) is 10.4. The number of halogens is 3. The van der Waals surface area contributed by atoms with Crippen molar-refractivity contribution >= 4 is 33.5 Å². The predicted octanol–water partition coefficient (Wildman–Crippen LogP) is 3.59. The molecule has 0 radical (unpaired) electrons. The van der Waals surface area contributed by atoms with E-state index in [-0.39, 0.29) is 20.9 Å². The minimum Gasteiger partial charge on any atom is -0.475 e. The second kappa shape index (κ2) is 4.46. The molecular weight excluding hydrogens is 316 g/mol. The van der Waals surface area contributed by atoms with Crippen LogP contribution < -0.4 is 0 Å². The highest BCUT2D eigenvalue weighted by Crippen LogP contribution is 2.33. The van der Waals surface area contributed by atoms with Crippen LogP contribution in [-0.4, -0.2) is 16.2 Å². The molecule has 17 heavy (non-hydrogen) atoms. The lowest BCUT2D eigenvalue weighted by molar-refractivity contribution is 0.0652. The maximum absolute atomic E-state index is 13.5. The van der Waals surface area contributed by atoms with Gasteiger partial charge in [0, 0.05) is 11.6 Å². The molecule has 1 N–H and O–H groups in total. The van der Waals surface area contributed by atoms with E-state index < -0.39 is 11.8 Å². The fourth-order valence-electron chi connectivity index (χ4n) is 1.23. The van der Waals surface area contributed by atoms with E-state index in [0.29, 0.717) is 5.56 Å². The third-order valence-electron chi connectivity index (χ3n) is 2.03. The number of nitrogens with zero attached hydrogens (tertiary/aromatic N) is 1. The smallest absolute Gasteiger partial charge is 0.374 e. The Labute approximate surface area is 108 Å². The molecule has 0 atom stereocenters. The molecule has 1 aromatic carbocycles. The first-order chi connectivity index (χ1) is 8.00. The molecule has 0 aliphatic heterocycles. The van der Waals surface area contributed by atoms with Gasteiger partial charge in [-0.05, 0) is 28.1 Å². The number of carbonyl (C=O) groups is 1. The summed E-state index contributed by atoms with van der Waals surface area (Å²) in [7, 11) is 0. The minimum absolute atomic E-state index is 0.0393. The van der Waals surface area contributed by atoms with Gasteiger partial charge in [-0.2, -0.15) is 0 Å². The second-order valence-corrected chi connectivity index (χ2v) is 4.30. The van der Waals surface area contributed by atoms with E-state index in [9.17, 15) is 9.18 Å². The molecule has 0 unspecified atom stereocenters. The van der Waals surface area contributed by atoms with E-state index >= 15 is 0 Å². The Morgan fingerprint density at radius 1 is 1.53 bits per heavy atom. The van der Waals surface area contributed by atoms with Gasteiger partial charge in [-0.1, -0.05) is 16.8 Å². The van der Waals surface area contributed by atoms with Gasteiger partial charge in [0.1, 0.15) is 5.69 Å². The Bertz CT molecular complexity index is 599. The highest BCUT2D eigenvalue weighted by molar-refractivity contribution is 9.10. The average molecular weight is 321 g/mol. The molecule has 1 aromatic heterocycles. The first kappa shape index (κ1) is 12.1. The molecule has 0 spiro atoms. The van der Waals surface area contributed by atoms with Gasteiger partial charge in [-0.25, -0.2) is 9.18 Å². The van der Waals surface area contributed by atoms with Gasteiger partial charge in [-0.15, -0.1) is 0 Å². The first-order valence-corrected chi connectivity index (χ1v) is 5.51. The number of aromatic carboxylic acids is 1. The zero-order chi connectivity index (χ0) is 12.6. The third kappa shape index (κ3) is 2.18. The Hall–Kier alpha value is -1.40. The van der Waals surface area contributed by atoms with Gasteiger partial charge in [0.25, 0.3) is 0 Å². The maximum atomic E-state index is 13.5. The lowest BCUT2D eigenvalue weighted by Crippen LogP contribution is -1.91. The van der Waals surface area contributed by atoms with Crippen molar-refractivity contribution in [3.63, 3.8) is 0 Å². The van der Waals surface area contributed by atoms with Crippen LogP contribution in [0.15, 0.2) is 27.2 Å². The summed E-state index contributed by atoms with van der Waals surface area (Å²) in [5.74, 6) is -2.19. The molecule has 7 heteroatoms. The van der Waals surface area contributed by atoms with Crippen molar-refractivity contribution < 1.29 is 18.8 Å². The SMILES string of the molecule is O=C(O)c1cc(-c2ccc(Cl)c(F)c2Br)no1. The van der Waals surface area contributed by atoms with Crippen LogP contribution in [0.25, 0.3) is 11.3 Å². The predicted molar refractivity (Wildman–Crippen MR) is 61.6 cm³/mol. The topological polar surface area (TPSA) is 63.3 Å². The highest BCUT2D eigenvalue weighted by atomic mass is 79.9. The molecule has 2 aromatic rings. The molecular formula is C10H4BrClFNO3. The third-order valence-corrected chi connectivity index (χ3v) is 3.10. The second-order valence-electron chi connectivity index (χ2n) is 3.10. The van der Waals surface area contributed by atoms with Gasteiger partial charge in [0.05, 0.1) is 9.50 Å². The van der Waals surface area contributed by atoms with Gasteiger partial charge in [0.2, 0.25) is 5.76 Å². The number of benzene rings is 1.